The summed E-state index contributed by atoms with van der Waals surface area (Å²) in [6.45, 7) is 16.6. The minimum Gasteiger partial charge on any atom is -0.457 e. The van der Waals surface area contributed by atoms with Crippen molar-refractivity contribution >= 4 is 32.9 Å². The van der Waals surface area contributed by atoms with Crippen molar-refractivity contribution in [3.63, 3.8) is 0 Å². The number of anilines is 2. The number of rotatable bonds is 6. The molecule has 6 nitrogen and oxygen atoms in total. The molecule has 0 bridgehead atoms. The number of benzene rings is 4. The molecule has 2 heterocycles. The zero-order valence-corrected chi connectivity index (χ0v) is 29.2. The minimum absolute atomic E-state index is 0.592. The molecule has 0 saturated carbocycles. The zero-order chi connectivity index (χ0) is 33.1. The number of nitrogen functional groups attached to an aromatic ring is 2. The molecule has 0 saturated heterocycles. The second-order valence-electron chi connectivity index (χ2n) is 11.9. The van der Waals surface area contributed by atoms with Gasteiger partial charge >= 0.3 is 0 Å². The second kappa shape index (κ2) is 13.8. The van der Waals surface area contributed by atoms with Crippen molar-refractivity contribution in [3.8, 4) is 45.5 Å². The molecule has 0 spiro atoms. The first-order valence-corrected chi connectivity index (χ1v) is 16.8. The fraction of sp³-hybridized carbons (Fsp3) is 0.211. The van der Waals surface area contributed by atoms with Crippen LogP contribution in [-0.4, -0.2) is 9.97 Å². The molecule has 4 N–H and O–H groups in total. The van der Waals surface area contributed by atoms with Crippen molar-refractivity contribution in [1.29, 1.82) is 0 Å². The number of hydrogen-bond donors (Lipinski definition) is 2. The Hall–Kier alpha value is -4.66. The summed E-state index contributed by atoms with van der Waals surface area (Å²) in [6.07, 6.45) is 0. The molecule has 0 radical (unpaired) electrons. The van der Waals surface area contributed by atoms with E-state index in [0.29, 0.717) is 10.3 Å². The van der Waals surface area contributed by atoms with Crippen molar-refractivity contribution < 1.29 is 9.47 Å². The summed E-state index contributed by atoms with van der Waals surface area (Å²) in [4.78, 5) is 8.79. The fourth-order valence-corrected chi connectivity index (χ4v) is 6.94. The van der Waals surface area contributed by atoms with Crippen molar-refractivity contribution in [2.45, 2.75) is 55.4 Å². The number of aromatic nitrogens is 2. The molecule has 0 unspecified atom stereocenters. The van der Waals surface area contributed by atoms with Gasteiger partial charge in [0.05, 0.1) is 11.4 Å². The lowest BCUT2D eigenvalue weighted by Crippen LogP contribution is -1.93. The summed E-state index contributed by atoms with van der Waals surface area (Å²) in [5.74, 6) is 3.42. The molecule has 0 amide bonds. The highest BCUT2D eigenvalue weighted by Gasteiger charge is 2.13. The van der Waals surface area contributed by atoms with Crippen LogP contribution in [0, 0.1) is 55.4 Å². The largest absolute Gasteiger partial charge is 0.457 e. The normalized spacial score (nSPS) is 10.8. The van der Waals surface area contributed by atoms with E-state index in [-0.39, 0.29) is 0 Å². The zero-order valence-electron chi connectivity index (χ0n) is 27.6. The first kappa shape index (κ1) is 32.7. The standard InChI is InChI=1S/2C19H20N2OS/c2*1-11-5-12(2)7-15(6-11)22-16-8-13(3)18(14(4)9-16)17-10-23-19(20)21-17/h2*5-10H,1-4H3,(H2,20,21). The smallest absolute Gasteiger partial charge is 0.180 e. The molecule has 6 rings (SSSR count). The summed E-state index contributed by atoms with van der Waals surface area (Å²) < 4.78 is 12.1. The van der Waals surface area contributed by atoms with Gasteiger partial charge in [-0.05, 0) is 148 Å². The van der Waals surface area contributed by atoms with Crippen molar-refractivity contribution in [1.82, 2.24) is 9.97 Å². The Bertz CT molecular complexity index is 1790. The van der Waals surface area contributed by atoms with Gasteiger partial charge in [-0.3, -0.25) is 0 Å². The number of ether oxygens (including phenoxy) is 2. The van der Waals surface area contributed by atoms with E-state index in [1.54, 1.807) is 0 Å². The molecule has 0 aliphatic carbocycles. The number of nitrogens with two attached hydrogens (primary N) is 2. The highest BCUT2D eigenvalue weighted by molar-refractivity contribution is 7.14. The lowest BCUT2D eigenvalue weighted by molar-refractivity contribution is 0.481. The fourth-order valence-electron chi connectivity index (χ4n) is 5.83. The predicted molar refractivity (Wildman–Crippen MR) is 195 cm³/mol. The summed E-state index contributed by atoms with van der Waals surface area (Å²) in [5.41, 5.74) is 25.0. The van der Waals surface area contributed by atoms with Crippen LogP contribution in [0.25, 0.3) is 22.5 Å². The van der Waals surface area contributed by atoms with Gasteiger partial charge in [0.2, 0.25) is 0 Å². The third-order valence-electron chi connectivity index (χ3n) is 7.43. The third-order valence-corrected chi connectivity index (χ3v) is 8.78. The highest BCUT2D eigenvalue weighted by Crippen LogP contribution is 2.35. The monoisotopic (exact) mass is 648 g/mol. The Balaban J connectivity index is 0.000000181. The van der Waals surface area contributed by atoms with Crippen LogP contribution < -0.4 is 20.9 Å². The molecule has 46 heavy (non-hydrogen) atoms. The van der Waals surface area contributed by atoms with E-state index < -0.39 is 0 Å². The molecule has 0 atom stereocenters. The van der Waals surface area contributed by atoms with Crippen LogP contribution in [0.2, 0.25) is 0 Å². The van der Waals surface area contributed by atoms with Crippen LogP contribution in [0.1, 0.15) is 44.5 Å². The highest BCUT2D eigenvalue weighted by atomic mass is 32.1. The van der Waals surface area contributed by atoms with Gasteiger partial charge in [-0.25, -0.2) is 9.97 Å². The Labute approximate surface area is 279 Å². The third kappa shape index (κ3) is 7.94. The van der Waals surface area contributed by atoms with Crippen LogP contribution in [0.4, 0.5) is 10.3 Å². The quantitative estimate of drug-likeness (QED) is 0.187. The molecule has 6 aromatic rings. The Kier molecular flexibility index (Phi) is 9.79. The van der Waals surface area contributed by atoms with Crippen LogP contribution in [0.3, 0.4) is 0 Å². The molecule has 236 valence electrons. The van der Waals surface area contributed by atoms with Gasteiger partial charge in [-0.15, -0.1) is 22.7 Å². The van der Waals surface area contributed by atoms with E-state index in [1.165, 1.54) is 44.9 Å². The van der Waals surface area contributed by atoms with E-state index in [0.717, 1.165) is 67.8 Å². The molecule has 2 aromatic heterocycles. The van der Waals surface area contributed by atoms with E-state index in [4.69, 9.17) is 20.9 Å². The van der Waals surface area contributed by atoms with Crippen LogP contribution in [0.5, 0.6) is 23.0 Å². The Morgan fingerprint density at radius 3 is 0.978 bits per heavy atom. The van der Waals surface area contributed by atoms with Crippen molar-refractivity contribution in [2.75, 3.05) is 11.5 Å². The van der Waals surface area contributed by atoms with Gasteiger partial charge in [0.1, 0.15) is 23.0 Å². The van der Waals surface area contributed by atoms with Gasteiger partial charge in [0.15, 0.2) is 10.3 Å². The van der Waals surface area contributed by atoms with Gasteiger partial charge in [-0.1, -0.05) is 12.1 Å². The SMILES string of the molecule is Cc1cc(C)cc(Oc2cc(C)c(-c3csc(N)n3)c(C)c2)c1.Cc1cc(C)cc(Oc2cc(C)c(-c3csc(N)n3)c(C)c2)c1. The maximum Gasteiger partial charge on any atom is 0.180 e. The summed E-state index contributed by atoms with van der Waals surface area (Å²) >= 11 is 2.92. The molecule has 4 aromatic carbocycles. The minimum atomic E-state index is 0.592. The molecule has 0 fully saturated rings. The molecule has 0 aliphatic heterocycles. The van der Waals surface area contributed by atoms with Crippen LogP contribution in [0.15, 0.2) is 71.4 Å². The second-order valence-corrected chi connectivity index (χ2v) is 13.6. The van der Waals surface area contributed by atoms with Crippen molar-refractivity contribution in [2.24, 2.45) is 0 Å². The first-order chi connectivity index (χ1) is 21.8. The maximum atomic E-state index is 6.06. The van der Waals surface area contributed by atoms with E-state index in [2.05, 4.69) is 102 Å². The lowest BCUT2D eigenvalue weighted by Gasteiger charge is -2.13. The Morgan fingerprint density at radius 1 is 0.435 bits per heavy atom. The van der Waals surface area contributed by atoms with E-state index >= 15 is 0 Å². The van der Waals surface area contributed by atoms with E-state index in [1.807, 2.05) is 35.0 Å². The average Bonchev–Trinajstić information content (AvgIpc) is 3.55. The summed E-state index contributed by atoms with van der Waals surface area (Å²) in [6, 6.07) is 20.7. The molecule has 0 aliphatic rings. The maximum absolute atomic E-state index is 6.06. The van der Waals surface area contributed by atoms with Gasteiger partial charge in [0.25, 0.3) is 0 Å². The topological polar surface area (TPSA) is 96.3 Å². The average molecular weight is 649 g/mol. The number of thiazole rings is 2. The molecule has 8 heteroatoms. The molecular formula is C38H40N4O2S2. The lowest BCUT2D eigenvalue weighted by atomic mass is 10.0. The van der Waals surface area contributed by atoms with Crippen molar-refractivity contribution in [3.05, 3.63) is 116 Å². The van der Waals surface area contributed by atoms with Crippen LogP contribution >= 0.6 is 22.7 Å². The summed E-state index contributed by atoms with van der Waals surface area (Å²) in [7, 11) is 0. The van der Waals surface area contributed by atoms with Gasteiger partial charge in [-0.2, -0.15) is 0 Å². The Morgan fingerprint density at radius 2 is 0.717 bits per heavy atom. The van der Waals surface area contributed by atoms with Crippen LogP contribution in [-0.2, 0) is 0 Å². The summed E-state index contributed by atoms with van der Waals surface area (Å²) in [5, 5.41) is 5.17. The first-order valence-electron chi connectivity index (χ1n) is 15.0. The van der Waals surface area contributed by atoms with Gasteiger partial charge < -0.3 is 20.9 Å². The number of hydrogen-bond acceptors (Lipinski definition) is 8. The van der Waals surface area contributed by atoms with E-state index in [9.17, 15) is 0 Å². The number of nitrogens with zero attached hydrogens (tertiary/aromatic N) is 2. The number of aryl methyl sites for hydroxylation is 8. The predicted octanol–water partition coefficient (Wildman–Crippen LogP) is 10.8. The van der Waals surface area contributed by atoms with Gasteiger partial charge in [0, 0.05) is 21.9 Å². The molecular weight excluding hydrogens is 609 g/mol.